The van der Waals surface area contributed by atoms with Gasteiger partial charge in [-0.2, -0.15) is 0 Å². The zero-order valence-corrected chi connectivity index (χ0v) is 17.5. The minimum absolute atomic E-state index is 0.0999. The zero-order valence-electron chi connectivity index (χ0n) is 17.5. The molecule has 2 aliphatic rings. The van der Waals surface area contributed by atoms with Crippen molar-refractivity contribution in [1.82, 2.24) is 14.8 Å². The highest BCUT2D eigenvalue weighted by Crippen LogP contribution is 2.41. The van der Waals surface area contributed by atoms with Gasteiger partial charge in [0.05, 0.1) is 11.8 Å². The minimum atomic E-state index is -0.717. The molecule has 0 spiro atoms. The van der Waals surface area contributed by atoms with Crippen molar-refractivity contribution < 1.29 is 9.53 Å². The number of carbonyl (C=O) groups is 1. The number of rotatable bonds is 6. The Morgan fingerprint density at radius 3 is 2.62 bits per heavy atom. The molecule has 2 aromatic rings. The molecule has 0 N–H and O–H groups in total. The van der Waals surface area contributed by atoms with E-state index in [1.165, 1.54) is 12.8 Å². The summed E-state index contributed by atoms with van der Waals surface area (Å²) >= 11 is 0. The van der Waals surface area contributed by atoms with Gasteiger partial charge in [-0.05, 0) is 63.3 Å². The van der Waals surface area contributed by atoms with E-state index in [0.29, 0.717) is 12.6 Å². The molecular weight excluding hydrogens is 362 g/mol. The first-order valence-electron chi connectivity index (χ1n) is 10.7. The molecule has 1 saturated heterocycles. The van der Waals surface area contributed by atoms with Gasteiger partial charge in [0.1, 0.15) is 11.3 Å². The van der Waals surface area contributed by atoms with Gasteiger partial charge in [0.25, 0.3) is 0 Å². The van der Waals surface area contributed by atoms with Crippen LogP contribution in [0.1, 0.15) is 49.8 Å². The summed E-state index contributed by atoms with van der Waals surface area (Å²) in [5, 5.41) is 0. The summed E-state index contributed by atoms with van der Waals surface area (Å²) in [5.74, 6) is 1.06. The molecule has 1 saturated carbocycles. The van der Waals surface area contributed by atoms with Crippen LogP contribution in [-0.4, -0.2) is 47.4 Å². The van der Waals surface area contributed by atoms with Crippen LogP contribution >= 0.6 is 0 Å². The van der Waals surface area contributed by atoms with Crippen molar-refractivity contribution in [1.29, 1.82) is 0 Å². The first-order chi connectivity index (χ1) is 14.1. The van der Waals surface area contributed by atoms with E-state index in [1.54, 1.807) is 11.1 Å². The lowest BCUT2D eigenvalue weighted by atomic mass is 9.89. The van der Waals surface area contributed by atoms with E-state index in [2.05, 4.69) is 28.1 Å². The number of benzene rings is 1. The predicted molar refractivity (Wildman–Crippen MR) is 114 cm³/mol. The molecule has 2 heterocycles. The zero-order chi connectivity index (χ0) is 20.3. The van der Waals surface area contributed by atoms with Gasteiger partial charge in [-0.25, -0.2) is 0 Å². The Kier molecular flexibility index (Phi) is 5.86. The molecule has 29 heavy (non-hydrogen) atoms. The number of aromatic nitrogens is 1. The quantitative estimate of drug-likeness (QED) is 0.745. The predicted octanol–water partition coefficient (Wildman–Crippen LogP) is 3.98. The molecule has 1 amide bonds. The fourth-order valence-electron chi connectivity index (χ4n) is 4.85. The third kappa shape index (κ3) is 3.88. The summed E-state index contributed by atoms with van der Waals surface area (Å²) in [4.78, 5) is 22.1. The van der Waals surface area contributed by atoms with Crippen molar-refractivity contribution >= 4 is 5.91 Å². The molecule has 0 radical (unpaired) electrons. The topological polar surface area (TPSA) is 45.7 Å². The highest BCUT2D eigenvalue weighted by molar-refractivity contribution is 5.87. The number of likely N-dealkylation sites (N-methyl/N-ethyl adjacent to an activating group) is 1. The van der Waals surface area contributed by atoms with Crippen LogP contribution in [0.4, 0.5) is 0 Å². The maximum Gasteiger partial charge on any atom is 0.248 e. The van der Waals surface area contributed by atoms with Crippen LogP contribution in [0.2, 0.25) is 0 Å². The van der Waals surface area contributed by atoms with Gasteiger partial charge in [0.15, 0.2) is 0 Å². The van der Waals surface area contributed by atoms with Gasteiger partial charge < -0.3 is 9.64 Å². The Balaban J connectivity index is 1.66. The third-order valence-corrected chi connectivity index (χ3v) is 6.28. The van der Waals surface area contributed by atoms with Crippen molar-refractivity contribution in [3.63, 3.8) is 0 Å². The fraction of sp³-hybridized carbons (Fsp3) is 0.500. The molecule has 2 fully saturated rings. The Hall–Kier alpha value is -2.40. The molecular formula is C24H31N3O2. The average Bonchev–Trinajstić information content (AvgIpc) is 3.40. The van der Waals surface area contributed by atoms with Crippen LogP contribution in [-0.2, 0) is 16.9 Å². The normalized spacial score (nSPS) is 22.7. The third-order valence-electron chi connectivity index (χ3n) is 6.28. The molecule has 1 aliphatic heterocycles. The number of ether oxygens (including phenoxy) is 1. The molecule has 5 heteroatoms. The first kappa shape index (κ1) is 19.9. The number of carbonyl (C=O) groups excluding carboxylic acids is 1. The van der Waals surface area contributed by atoms with Crippen LogP contribution in [0, 0.1) is 0 Å². The monoisotopic (exact) mass is 393 g/mol. The molecule has 154 valence electrons. The van der Waals surface area contributed by atoms with E-state index < -0.39 is 5.54 Å². The van der Waals surface area contributed by atoms with Gasteiger partial charge in [0, 0.05) is 32.4 Å². The number of para-hydroxylation sites is 1. The van der Waals surface area contributed by atoms with Crippen molar-refractivity contribution in [3.05, 3.63) is 59.9 Å². The Bertz CT molecular complexity index is 833. The molecule has 4 rings (SSSR count). The van der Waals surface area contributed by atoms with Gasteiger partial charge in [0.2, 0.25) is 5.91 Å². The number of nitrogens with zero attached hydrogens (tertiary/aromatic N) is 3. The van der Waals surface area contributed by atoms with Crippen molar-refractivity contribution in [2.45, 2.75) is 56.7 Å². The lowest BCUT2D eigenvalue weighted by Crippen LogP contribution is -2.52. The second-order valence-electron chi connectivity index (χ2n) is 8.43. The highest BCUT2D eigenvalue weighted by atomic mass is 16.5. The number of amides is 1. The summed E-state index contributed by atoms with van der Waals surface area (Å²) in [5.41, 5.74) is 1.27. The molecule has 1 aromatic carbocycles. The maximum atomic E-state index is 13.4. The van der Waals surface area contributed by atoms with Crippen LogP contribution in [0.5, 0.6) is 5.75 Å². The highest BCUT2D eigenvalue weighted by Gasteiger charge is 2.50. The van der Waals surface area contributed by atoms with Gasteiger partial charge in [-0.1, -0.05) is 24.3 Å². The van der Waals surface area contributed by atoms with E-state index in [4.69, 9.17) is 4.74 Å². The molecule has 0 bridgehead atoms. The summed E-state index contributed by atoms with van der Waals surface area (Å²) < 4.78 is 6.36. The van der Waals surface area contributed by atoms with Crippen molar-refractivity contribution in [2.75, 3.05) is 20.6 Å². The molecule has 1 aliphatic carbocycles. The fourth-order valence-corrected chi connectivity index (χ4v) is 4.85. The molecule has 1 atom stereocenters. The second kappa shape index (κ2) is 8.54. The lowest BCUT2D eigenvalue weighted by molar-refractivity contribution is -0.141. The van der Waals surface area contributed by atoms with Crippen LogP contribution in [0.3, 0.4) is 0 Å². The SMILES string of the molecule is CN(C)C(=O)[C@]1(c2ccccn2)CCCN1Cc1ccccc1OC1CCCC1. The van der Waals surface area contributed by atoms with Gasteiger partial charge in [-0.3, -0.25) is 14.7 Å². The van der Waals surface area contributed by atoms with E-state index in [-0.39, 0.29) is 5.91 Å². The Labute approximate surface area is 173 Å². The van der Waals surface area contributed by atoms with Crippen LogP contribution in [0.15, 0.2) is 48.7 Å². The van der Waals surface area contributed by atoms with Crippen LogP contribution in [0.25, 0.3) is 0 Å². The number of pyridine rings is 1. The van der Waals surface area contributed by atoms with E-state index >= 15 is 0 Å². The van der Waals surface area contributed by atoms with Gasteiger partial charge in [-0.15, -0.1) is 0 Å². The van der Waals surface area contributed by atoms with Crippen molar-refractivity contribution in [2.24, 2.45) is 0 Å². The number of likely N-dealkylation sites (tertiary alicyclic amines) is 1. The lowest BCUT2D eigenvalue weighted by Gasteiger charge is -2.38. The minimum Gasteiger partial charge on any atom is -0.490 e. The maximum absolute atomic E-state index is 13.4. The summed E-state index contributed by atoms with van der Waals surface area (Å²) in [6.45, 7) is 1.55. The average molecular weight is 394 g/mol. The smallest absolute Gasteiger partial charge is 0.248 e. The number of hydrogen-bond donors (Lipinski definition) is 0. The van der Waals surface area contributed by atoms with E-state index in [0.717, 1.165) is 49.2 Å². The molecule has 5 nitrogen and oxygen atoms in total. The van der Waals surface area contributed by atoms with Gasteiger partial charge >= 0.3 is 0 Å². The molecule has 1 aromatic heterocycles. The van der Waals surface area contributed by atoms with Crippen LogP contribution < -0.4 is 4.74 Å². The summed E-state index contributed by atoms with van der Waals surface area (Å²) in [6, 6.07) is 14.2. The second-order valence-corrected chi connectivity index (χ2v) is 8.43. The van der Waals surface area contributed by atoms with Crippen molar-refractivity contribution in [3.8, 4) is 5.75 Å². The van der Waals surface area contributed by atoms with E-state index in [9.17, 15) is 4.79 Å². The largest absolute Gasteiger partial charge is 0.490 e. The van der Waals surface area contributed by atoms with E-state index in [1.807, 2.05) is 38.4 Å². The first-order valence-corrected chi connectivity index (χ1v) is 10.7. The number of hydrogen-bond acceptors (Lipinski definition) is 4. The Morgan fingerprint density at radius 1 is 1.14 bits per heavy atom. The summed E-state index contributed by atoms with van der Waals surface area (Å²) in [6.07, 6.45) is 8.63. The summed E-state index contributed by atoms with van der Waals surface area (Å²) in [7, 11) is 3.67. The standard InChI is InChI=1S/C24H31N3O2/c1-26(2)23(28)24(22-14-7-8-16-25-22)15-9-17-27(24)18-19-10-3-6-13-21(19)29-20-11-4-5-12-20/h3,6-8,10,13-14,16,20H,4-5,9,11-12,15,17-18H2,1-2H3/t24-/m1/s1. The molecule has 0 unspecified atom stereocenters. The Morgan fingerprint density at radius 2 is 1.90 bits per heavy atom.